The van der Waals surface area contributed by atoms with E-state index >= 15 is 0 Å². The molecule has 7 nitrogen and oxygen atoms in total. The van der Waals surface area contributed by atoms with Crippen molar-refractivity contribution in [2.75, 3.05) is 23.3 Å². The molecule has 1 heterocycles. The van der Waals surface area contributed by atoms with Gasteiger partial charge < -0.3 is 10.2 Å². The molecule has 0 bridgehead atoms. The molecule has 2 N–H and O–H groups in total. The van der Waals surface area contributed by atoms with E-state index in [2.05, 4.69) is 17.6 Å². The first-order valence-electron chi connectivity index (χ1n) is 10.2. The third-order valence-electron chi connectivity index (χ3n) is 5.14. The highest BCUT2D eigenvalue weighted by Crippen LogP contribution is 2.31. The van der Waals surface area contributed by atoms with Gasteiger partial charge in [-0.1, -0.05) is 25.5 Å². The van der Waals surface area contributed by atoms with Crippen molar-refractivity contribution < 1.29 is 9.72 Å². The monoisotopic (exact) mass is 426 g/mol. The van der Waals surface area contributed by atoms with Crippen LogP contribution in [0.1, 0.15) is 48.5 Å². The molecule has 0 radical (unpaired) electrons. The number of anilines is 2. The predicted molar refractivity (Wildman–Crippen MR) is 123 cm³/mol. The van der Waals surface area contributed by atoms with E-state index in [0.717, 1.165) is 50.9 Å². The number of nitrogens with one attached hydrogen (secondary N) is 2. The SMILES string of the molecule is CCCCc1ccc(NC(=S)NC(=O)c2ccc(N3CCCC3)c([N+](=O)[O-])c2)cc1. The lowest BCUT2D eigenvalue weighted by molar-refractivity contribution is -0.384. The van der Waals surface area contributed by atoms with Crippen molar-refractivity contribution in [3.63, 3.8) is 0 Å². The van der Waals surface area contributed by atoms with E-state index in [4.69, 9.17) is 12.2 Å². The molecule has 0 unspecified atom stereocenters. The molecule has 0 spiro atoms. The second-order valence-corrected chi connectivity index (χ2v) is 7.77. The predicted octanol–water partition coefficient (Wildman–Crippen LogP) is 4.66. The number of aryl methyl sites for hydroxylation is 1. The topological polar surface area (TPSA) is 87.5 Å². The lowest BCUT2D eigenvalue weighted by Gasteiger charge is -2.18. The molecule has 0 saturated carbocycles. The lowest BCUT2D eigenvalue weighted by Crippen LogP contribution is -2.34. The fraction of sp³-hybridized carbons (Fsp3) is 0.364. The van der Waals surface area contributed by atoms with Gasteiger partial charge in [0.1, 0.15) is 5.69 Å². The summed E-state index contributed by atoms with van der Waals surface area (Å²) in [5.74, 6) is -0.483. The van der Waals surface area contributed by atoms with Crippen LogP contribution < -0.4 is 15.5 Å². The number of hydrogen-bond donors (Lipinski definition) is 2. The van der Waals surface area contributed by atoms with Crippen molar-refractivity contribution >= 4 is 40.3 Å². The number of nitro groups is 1. The van der Waals surface area contributed by atoms with E-state index in [1.807, 2.05) is 29.2 Å². The lowest BCUT2D eigenvalue weighted by atomic mass is 10.1. The third-order valence-corrected chi connectivity index (χ3v) is 5.34. The number of thiocarbonyl (C=S) groups is 1. The van der Waals surface area contributed by atoms with Gasteiger partial charge in [0.25, 0.3) is 11.6 Å². The average Bonchev–Trinajstić information content (AvgIpc) is 3.27. The van der Waals surface area contributed by atoms with Gasteiger partial charge >= 0.3 is 0 Å². The molecule has 1 aliphatic heterocycles. The molecule has 0 aromatic heterocycles. The van der Waals surface area contributed by atoms with Crippen LogP contribution in [0.5, 0.6) is 0 Å². The number of nitro benzene ring substituents is 1. The van der Waals surface area contributed by atoms with Gasteiger partial charge in [-0.25, -0.2) is 0 Å². The van der Waals surface area contributed by atoms with Crippen molar-refractivity contribution in [2.45, 2.75) is 39.0 Å². The Morgan fingerprint density at radius 1 is 1.17 bits per heavy atom. The zero-order valence-corrected chi connectivity index (χ0v) is 17.8. The maximum absolute atomic E-state index is 12.6. The third kappa shape index (κ3) is 5.54. The van der Waals surface area contributed by atoms with Crippen molar-refractivity contribution in [1.29, 1.82) is 0 Å². The van der Waals surface area contributed by atoms with Crippen LogP contribution in [0.2, 0.25) is 0 Å². The van der Waals surface area contributed by atoms with Gasteiger partial charge in [0.05, 0.1) is 4.92 Å². The number of nitrogens with zero attached hydrogens (tertiary/aromatic N) is 2. The van der Waals surface area contributed by atoms with Gasteiger partial charge in [0, 0.05) is 30.4 Å². The summed E-state index contributed by atoms with van der Waals surface area (Å²) in [5.41, 5.74) is 2.71. The summed E-state index contributed by atoms with van der Waals surface area (Å²) in [6.45, 7) is 3.74. The second-order valence-electron chi connectivity index (χ2n) is 7.36. The van der Waals surface area contributed by atoms with E-state index in [-0.39, 0.29) is 16.4 Å². The van der Waals surface area contributed by atoms with E-state index in [1.54, 1.807) is 12.1 Å². The molecule has 8 heteroatoms. The normalized spacial score (nSPS) is 13.2. The van der Waals surface area contributed by atoms with Gasteiger partial charge in [0.15, 0.2) is 5.11 Å². The highest BCUT2D eigenvalue weighted by Gasteiger charge is 2.24. The molecule has 158 valence electrons. The smallest absolute Gasteiger partial charge is 0.293 e. The number of hydrogen-bond acceptors (Lipinski definition) is 5. The van der Waals surface area contributed by atoms with Crippen LogP contribution in [0.25, 0.3) is 0 Å². The largest absolute Gasteiger partial charge is 0.366 e. The standard InChI is InChI=1S/C22H26N4O3S/c1-2-3-6-16-7-10-18(11-8-16)23-22(30)24-21(27)17-9-12-19(20(15-17)26(28)29)25-13-4-5-14-25/h7-12,15H,2-6,13-14H2,1H3,(H2,23,24,27,30). The van der Waals surface area contributed by atoms with Crippen LogP contribution >= 0.6 is 12.2 Å². The summed E-state index contributed by atoms with van der Waals surface area (Å²) in [5, 5.41) is 17.2. The van der Waals surface area contributed by atoms with Crippen LogP contribution in [0.15, 0.2) is 42.5 Å². The quantitative estimate of drug-likeness (QED) is 0.380. The summed E-state index contributed by atoms with van der Waals surface area (Å²) in [4.78, 5) is 25.6. The minimum Gasteiger partial charge on any atom is -0.366 e. The Bertz CT molecular complexity index is 924. The van der Waals surface area contributed by atoms with Crippen molar-refractivity contribution in [3.05, 3.63) is 63.7 Å². The van der Waals surface area contributed by atoms with Crippen molar-refractivity contribution in [1.82, 2.24) is 5.32 Å². The number of rotatable bonds is 7. The summed E-state index contributed by atoms with van der Waals surface area (Å²) in [6, 6.07) is 12.4. The molecule has 30 heavy (non-hydrogen) atoms. The molecule has 1 saturated heterocycles. The number of carbonyl (C=O) groups excluding carboxylic acids is 1. The first-order valence-corrected chi connectivity index (χ1v) is 10.6. The van der Waals surface area contributed by atoms with Gasteiger partial charge in [-0.2, -0.15) is 0 Å². The van der Waals surface area contributed by atoms with Crippen LogP contribution in [0.4, 0.5) is 17.1 Å². The van der Waals surface area contributed by atoms with Gasteiger partial charge in [-0.3, -0.25) is 20.2 Å². The van der Waals surface area contributed by atoms with E-state index in [1.165, 1.54) is 11.6 Å². The Hall–Kier alpha value is -3.00. The number of carbonyl (C=O) groups is 1. The molecule has 0 atom stereocenters. The summed E-state index contributed by atoms with van der Waals surface area (Å²) in [7, 11) is 0. The molecule has 3 rings (SSSR count). The fourth-order valence-electron chi connectivity index (χ4n) is 3.51. The highest BCUT2D eigenvalue weighted by molar-refractivity contribution is 7.80. The van der Waals surface area contributed by atoms with Crippen LogP contribution in [-0.4, -0.2) is 29.0 Å². The summed E-state index contributed by atoms with van der Waals surface area (Å²) >= 11 is 5.23. The maximum Gasteiger partial charge on any atom is 0.293 e. The summed E-state index contributed by atoms with van der Waals surface area (Å²) in [6.07, 6.45) is 5.35. The highest BCUT2D eigenvalue weighted by atomic mass is 32.1. The molecule has 1 fully saturated rings. The molecule has 2 aromatic rings. The van der Waals surface area contributed by atoms with Gasteiger partial charge in [0.2, 0.25) is 0 Å². The Morgan fingerprint density at radius 2 is 1.87 bits per heavy atom. The average molecular weight is 427 g/mol. The molecule has 2 aromatic carbocycles. The molecular weight excluding hydrogens is 400 g/mol. The molecule has 0 aliphatic carbocycles. The number of benzene rings is 2. The molecule has 1 aliphatic rings. The van der Waals surface area contributed by atoms with E-state index in [0.29, 0.717) is 5.69 Å². The van der Waals surface area contributed by atoms with Gasteiger partial charge in [-0.05, 0) is 67.7 Å². The molecule has 1 amide bonds. The van der Waals surface area contributed by atoms with Crippen LogP contribution in [0, 0.1) is 10.1 Å². The Balaban J connectivity index is 1.64. The van der Waals surface area contributed by atoms with Crippen molar-refractivity contribution in [3.8, 4) is 0 Å². The number of amides is 1. The summed E-state index contributed by atoms with van der Waals surface area (Å²) < 4.78 is 0. The van der Waals surface area contributed by atoms with Gasteiger partial charge in [-0.15, -0.1) is 0 Å². The van der Waals surface area contributed by atoms with E-state index in [9.17, 15) is 14.9 Å². The van der Waals surface area contributed by atoms with E-state index < -0.39 is 10.8 Å². The first-order chi connectivity index (χ1) is 14.5. The van der Waals surface area contributed by atoms with Crippen LogP contribution in [-0.2, 0) is 6.42 Å². The van der Waals surface area contributed by atoms with Crippen molar-refractivity contribution in [2.24, 2.45) is 0 Å². The Labute approximate surface area is 181 Å². The maximum atomic E-state index is 12.6. The first kappa shape index (κ1) is 21.7. The Morgan fingerprint density at radius 3 is 2.50 bits per heavy atom. The minimum absolute atomic E-state index is 0.0638. The fourth-order valence-corrected chi connectivity index (χ4v) is 3.72. The second kappa shape index (κ2) is 10.2. The van der Waals surface area contributed by atoms with Crippen LogP contribution in [0.3, 0.4) is 0 Å². The zero-order valence-electron chi connectivity index (χ0n) is 17.0. The Kier molecular flexibility index (Phi) is 7.35. The zero-order chi connectivity index (χ0) is 21.5. The molecular formula is C22H26N4O3S. The number of unbranched alkanes of at least 4 members (excludes halogenated alkanes) is 1. The minimum atomic E-state index is -0.483.